The van der Waals surface area contributed by atoms with Crippen molar-refractivity contribution in [1.29, 1.82) is 0 Å². The molecular formula is C28H35F2N7O4. The van der Waals surface area contributed by atoms with Crippen molar-refractivity contribution < 1.29 is 28.2 Å². The second-order valence-corrected chi connectivity index (χ2v) is 11.0. The minimum Gasteiger partial charge on any atom is -0.474 e. The predicted octanol–water partition coefficient (Wildman–Crippen LogP) is 2.46. The van der Waals surface area contributed by atoms with Gasteiger partial charge in [-0.05, 0) is 51.3 Å². The quantitative estimate of drug-likeness (QED) is 0.441. The highest BCUT2D eigenvalue weighted by Gasteiger charge is 2.35. The average Bonchev–Trinajstić information content (AvgIpc) is 3.54. The van der Waals surface area contributed by atoms with E-state index in [-0.39, 0.29) is 35.7 Å². The molecule has 2 aliphatic heterocycles. The number of benzene rings is 1. The van der Waals surface area contributed by atoms with E-state index in [1.165, 1.54) is 4.57 Å². The van der Waals surface area contributed by atoms with Crippen LogP contribution in [0, 0.1) is 0 Å². The normalized spacial score (nSPS) is 25.6. The zero-order chi connectivity index (χ0) is 28.5. The molecule has 0 bridgehead atoms. The van der Waals surface area contributed by atoms with Gasteiger partial charge in [-0.15, -0.1) is 0 Å². The number of hydrogen-bond acceptors (Lipinski definition) is 9. The summed E-state index contributed by atoms with van der Waals surface area (Å²) < 4.78 is 41.4. The largest absolute Gasteiger partial charge is 0.474 e. The Hall–Kier alpha value is -3.42. The molecule has 3 aromatic rings. The summed E-state index contributed by atoms with van der Waals surface area (Å²) in [5, 5.41) is 13.0. The molecule has 0 spiro atoms. The summed E-state index contributed by atoms with van der Waals surface area (Å²) in [7, 11) is 1.85. The fourth-order valence-electron chi connectivity index (χ4n) is 5.98. The average molecular weight is 572 g/mol. The van der Waals surface area contributed by atoms with Crippen LogP contribution in [0.1, 0.15) is 44.4 Å². The van der Waals surface area contributed by atoms with Crippen LogP contribution in [0.2, 0.25) is 0 Å². The number of hydrogen-bond donors (Lipinski definition) is 2. The van der Waals surface area contributed by atoms with E-state index in [2.05, 4.69) is 20.3 Å². The van der Waals surface area contributed by atoms with Gasteiger partial charge in [-0.3, -0.25) is 14.3 Å². The maximum Gasteiger partial charge on any atom is 0.296 e. The molecule has 2 atom stereocenters. The zero-order valence-electron chi connectivity index (χ0n) is 23.0. The van der Waals surface area contributed by atoms with Gasteiger partial charge in [-0.25, -0.2) is 13.8 Å². The van der Waals surface area contributed by atoms with E-state index in [0.717, 1.165) is 12.8 Å². The second-order valence-electron chi connectivity index (χ2n) is 11.0. The van der Waals surface area contributed by atoms with Crippen molar-refractivity contribution in [3.05, 3.63) is 36.2 Å². The van der Waals surface area contributed by atoms with Gasteiger partial charge in [0.1, 0.15) is 11.9 Å². The zero-order valence-corrected chi connectivity index (χ0v) is 23.0. The number of anilines is 1. The maximum atomic E-state index is 14.1. The molecule has 1 aromatic carbocycles. The van der Waals surface area contributed by atoms with Crippen molar-refractivity contribution in [2.24, 2.45) is 0 Å². The van der Waals surface area contributed by atoms with E-state index in [1.807, 2.05) is 16.8 Å². The van der Waals surface area contributed by atoms with E-state index in [1.54, 1.807) is 30.3 Å². The van der Waals surface area contributed by atoms with Gasteiger partial charge in [0.25, 0.3) is 6.43 Å². The van der Waals surface area contributed by atoms with Gasteiger partial charge >= 0.3 is 0 Å². The Labute approximate surface area is 236 Å². The Morgan fingerprint density at radius 2 is 1.88 bits per heavy atom. The lowest BCUT2D eigenvalue weighted by Gasteiger charge is -2.31. The summed E-state index contributed by atoms with van der Waals surface area (Å²) in [6, 6.07) is 8.30. The Balaban J connectivity index is 1.21. The van der Waals surface area contributed by atoms with E-state index in [0.29, 0.717) is 75.0 Å². The number of nitrogens with one attached hydrogen (secondary N) is 1. The third-order valence-corrected chi connectivity index (χ3v) is 8.12. The number of aromatic nitrogens is 4. The standard InChI is InChI=1S/C28H35F2N7O4/c1-35-16-18(38)14-22(35)27(39)31-17-6-8-19(9-7-17)41-24-15-23(33-28(34-24)36-10-12-40-13-11-36)37-21-5-3-2-4-20(21)32-26(37)25(29)30/h2-5,15,17-19,22,25,38H,6-14,16H2,1H3,(H,31,39)/t17?,18-,19?,22+/m1/s1. The number of aliphatic hydroxyl groups excluding tert-OH is 1. The van der Waals surface area contributed by atoms with Crippen LogP contribution in [0.25, 0.3) is 16.9 Å². The third-order valence-electron chi connectivity index (χ3n) is 8.12. The molecule has 2 aromatic heterocycles. The van der Waals surface area contributed by atoms with Gasteiger partial charge in [0, 0.05) is 31.7 Å². The van der Waals surface area contributed by atoms with Gasteiger partial charge in [0.05, 0.1) is 36.4 Å². The van der Waals surface area contributed by atoms with Crippen molar-refractivity contribution >= 4 is 22.9 Å². The first-order valence-electron chi connectivity index (χ1n) is 14.2. The number of ether oxygens (including phenoxy) is 2. The molecule has 2 saturated heterocycles. The molecule has 6 rings (SSSR count). The molecule has 11 nitrogen and oxygen atoms in total. The number of alkyl halides is 2. The van der Waals surface area contributed by atoms with Crippen molar-refractivity contribution in [1.82, 2.24) is 29.7 Å². The number of likely N-dealkylation sites (tertiary alicyclic amines) is 1. The van der Waals surface area contributed by atoms with Crippen LogP contribution >= 0.6 is 0 Å². The van der Waals surface area contributed by atoms with E-state index in [4.69, 9.17) is 9.47 Å². The number of morpholine rings is 1. The van der Waals surface area contributed by atoms with Gasteiger partial charge < -0.3 is 24.8 Å². The summed E-state index contributed by atoms with van der Waals surface area (Å²) in [6.45, 7) is 2.69. The molecule has 13 heteroatoms. The number of β-amino-alcohol motifs (C(OH)–C–C–N with tert-alkyl or cyclic N) is 1. The summed E-state index contributed by atoms with van der Waals surface area (Å²) in [5.74, 6) is 0.530. The van der Waals surface area contributed by atoms with Crippen molar-refractivity contribution in [2.75, 3.05) is 44.8 Å². The highest BCUT2D eigenvalue weighted by molar-refractivity contribution is 5.82. The van der Waals surface area contributed by atoms with Crippen LogP contribution in [0.15, 0.2) is 30.3 Å². The van der Waals surface area contributed by atoms with Crippen molar-refractivity contribution in [3.63, 3.8) is 0 Å². The molecule has 1 saturated carbocycles. The minimum atomic E-state index is -2.80. The SMILES string of the molecule is CN1C[C@H](O)C[C@H]1C(=O)NC1CCC(Oc2cc(-n3c(C(F)F)nc4ccccc43)nc(N3CCOCC3)n2)CC1. The molecule has 4 heterocycles. The number of likely N-dealkylation sites (N-methyl/N-ethyl adjacent to an activating group) is 1. The number of carbonyl (C=O) groups excluding carboxylic acids is 1. The lowest BCUT2D eigenvalue weighted by Crippen LogP contribution is -2.47. The van der Waals surface area contributed by atoms with Gasteiger partial charge in [-0.1, -0.05) is 12.1 Å². The Morgan fingerprint density at radius 3 is 2.59 bits per heavy atom. The molecular weight excluding hydrogens is 536 g/mol. The summed E-state index contributed by atoms with van der Waals surface area (Å²) >= 11 is 0. The highest BCUT2D eigenvalue weighted by Crippen LogP contribution is 2.31. The van der Waals surface area contributed by atoms with E-state index >= 15 is 0 Å². The number of carbonyl (C=O) groups is 1. The maximum absolute atomic E-state index is 14.1. The van der Waals surface area contributed by atoms with Gasteiger partial charge in [0.2, 0.25) is 17.7 Å². The number of aliphatic hydroxyl groups is 1. The summed E-state index contributed by atoms with van der Waals surface area (Å²) in [6.07, 6.45) is -0.0806. The molecule has 2 N–H and O–H groups in total. The Morgan fingerprint density at radius 1 is 1.12 bits per heavy atom. The number of para-hydroxylation sites is 2. The fourth-order valence-corrected chi connectivity index (χ4v) is 5.98. The highest BCUT2D eigenvalue weighted by atomic mass is 19.3. The topological polar surface area (TPSA) is 118 Å². The number of nitrogens with zero attached hydrogens (tertiary/aromatic N) is 6. The monoisotopic (exact) mass is 571 g/mol. The smallest absolute Gasteiger partial charge is 0.296 e. The van der Waals surface area contributed by atoms with Crippen LogP contribution in [-0.2, 0) is 9.53 Å². The number of halogens is 2. The van der Waals surface area contributed by atoms with Crippen LogP contribution in [0.3, 0.4) is 0 Å². The van der Waals surface area contributed by atoms with Crippen LogP contribution < -0.4 is 15.0 Å². The first-order valence-corrected chi connectivity index (χ1v) is 14.2. The lowest BCUT2D eigenvalue weighted by atomic mass is 9.92. The van der Waals surface area contributed by atoms with Crippen LogP contribution in [0.5, 0.6) is 5.88 Å². The molecule has 1 aliphatic carbocycles. The molecule has 0 unspecified atom stereocenters. The number of fused-ring (bicyclic) bond motifs is 1. The first-order chi connectivity index (χ1) is 19.9. The molecule has 3 fully saturated rings. The molecule has 0 radical (unpaired) electrons. The van der Waals surface area contributed by atoms with Gasteiger partial charge in [-0.2, -0.15) is 9.97 Å². The number of rotatable bonds is 7. The number of imidazole rings is 1. The molecule has 220 valence electrons. The minimum absolute atomic E-state index is 0.0317. The Kier molecular flexibility index (Phi) is 8.00. The summed E-state index contributed by atoms with van der Waals surface area (Å²) in [4.78, 5) is 30.1. The van der Waals surface area contributed by atoms with Crippen molar-refractivity contribution in [3.8, 4) is 11.7 Å². The fraction of sp³-hybridized carbons (Fsp3) is 0.571. The van der Waals surface area contributed by atoms with E-state index in [9.17, 15) is 18.7 Å². The second kappa shape index (κ2) is 11.8. The lowest BCUT2D eigenvalue weighted by molar-refractivity contribution is -0.126. The number of amides is 1. The molecule has 41 heavy (non-hydrogen) atoms. The Bertz CT molecular complexity index is 1370. The first kappa shape index (κ1) is 27.7. The van der Waals surface area contributed by atoms with Crippen molar-refractivity contribution in [2.45, 2.75) is 62.8 Å². The predicted molar refractivity (Wildman–Crippen MR) is 147 cm³/mol. The molecule has 3 aliphatic rings. The summed E-state index contributed by atoms with van der Waals surface area (Å²) in [5.41, 5.74) is 0.979. The van der Waals surface area contributed by atoms with E-state index < -0.39 is 12.5 Å². The van der Waals surface area contributed by atoms with Gasteiger partial charge in [0.15, 0.2) is 5.82 Å². The molecule has 1 amide bonds. The van der Waals surface area contributed by atoms with Crippen LogP contribution in [0.4, 0.5) is 14.7 Å². The third kappa shape index (κ3) is 5.97. The van der Waals surface area contributed by atoms with Crippen LogP contribution in [-0.4, -0.2) is 99.6 Å².